The lowest BCUT2D eigenvalue weighted by molar-refractivity contribution is -0.138. The first-order valence-electron chi connectivity index (χ1n) is 5.84. The molecule has 2 N–H and O–H groups in total. The Morgan fingerprint density at radius 3 is 2.79 bits per heavy atom. The zero-order chi connectivity index (χ0) is 13.9. The van der Waals surface area contributed by atoms with Crippen LogP contribution < -0.4 is 10.6 Å². The molecule has 1 aromatic rings. The Bertz CT molecular complexity index is 486. The van der Waals surface area contributed by atoms with Gasteiger partial charge in [-0.3, -0.25) is 4.99 Å². The number of aliphatic imine (C=N–C) groups is 1. The number of halogens is 4. The summed E-state index contributed by atoms with van der Waals surface area (Å²) >= 11 is 3.06. The molecule has 0 saturated heterocycles. The fourth-order valence-corrected chi connectivity index (χ4v) is 2.16. The number of benzene rings is 1. The smallest absolute Gasteiger partial charge is 0.356 e. The van der Waals surface area contributed by atoms with Crippen molar-refractivity contribution in [2.45, 2.75) is 19.1 Å². The van der Waals surface area contributed by atoms with E-state index in [-0.39, 0.29) is 12.1 Å². The zero-order valence-electron chi connectivity index (χ0n) is 10.0. The second-order valence-corrected chi connectivity index (χ2v) is 5.08. The highest BCUT2D eigenvalue weighted by Gasteiger charge is 2.33. The quantitative estimate of drug-likeness (QED) is 0.871. The monoisotopic (exact) mass is 335 g/mol. The van der Waals surface area contributed by atoms with Crippen LogP contribution in [-0.4, -0.2) is 19.0 Å². The lowest BCUT2D eigenvalue weighted by atomic mass is 10.1. The Morgan fingerprint density at radius 1 is 1.37 bits per heavy atom. The average Bonchev–Trinajstić information content (AvgIpc) is 2.37. The van der Waals surface area contributed by atoms with Gasteiger partial charge in [-0.1, -0.05) is 22.0 Å². The van der Waals surface area contributed by atoms with Gasteiger partial charge in [0.25, 0.3) is 0 Å². The van der Waals surface area contributed by atoms with Crippen molar-refractivity contribution in [1.82, 2.24) is 10.6 Å². The summed E-state index contributed by atoms with van der Waals surface area (Å²) in [4.78, 5) is 4.16. The molecule has 0 atom stereocenters. The number of hydrogen-bond acceptors (Lipinski definition) is 3. The maximum atomic E-state index is 12.9. The highest BCUT2D eigenvalue weighted by atomic mass is 79.9. The van der Waals surface area contributed by atoms with E-state index < -0.39 is 11.7 Å². The van der Waals surface area contributed by atoms with Crippen molar-refractivity contribution in [3.8, 4) is 0 Å². The van der Waals surface area contributed by atoms with Crippen LogP contribution in [-0.2, 0) is 12.7 Å². The molecule has 1 aliphatic rings. The summed E-state index contributed by atoms with van der Waals surface area (Å²) in [5.74, 6) is 0.558. The summed E-state index contributed by atoms with van der Waals surface area (Å²) in [6.07, 6.45) is -3.42. The van der Waals surface area contributed by atoms with Crippen molar-refractivity contribution < 1.29 is 13.2 Å². The van der Waals surface area contributed by atoms with Crippen LogP contribution in [0, 0.1) is 0 Å². The molecule has 0 aliphatic carbocycles. The van der Waals surface area contributed by atoms with Crippen LogP contribution in [0.4, 0.5) is 13.2 Å². The third-order valence-corrected chi connectivity index (χ3v) is 3.21. The van der Waals surface area contributed by atoms with Gasteiger partial charge in [0, 0.05) is 24.1 Å². The van der Waals surface area contributed by atoms with Crippen LogP contribution in [0.25, 0.3) is 0 Å². The molecule has 0 unspecified atom stereocenters. The minimum absolute atomic E-state index is 0.0912. The number of alkyl halides is 3. The maximum absolute atomic E-state index is 12.9. The highest BCUT2D eigenvalue weighted by molar-refractivity contribution is 9.10. The van der Waals surface area contributed by atoms with Crippen molar-refractivity contribution >= 4 is 21.9 Å². The van der Waals surface area contributed by atoms with Gasteiger partial charge in [-0.2, -0.15) is 13.2 Å². The van der Waals surface area contributed by atoms with E-state index in [1.807, 2.05) is 0 Å². The van der Waals surface area contributed by atoms with Gasteiger partial charge >= 0.3 is 6.18 Å². The molecular formula is C12H13BrF3N3. The lowest BCUT2D eigenvalue weighted by Crippen LogP contribution is -2.40. The topological polar surface area (TPSA) is 36.4 Å². The molecule has 0 amide bonds. The number of rotatable bonds is 2. The van der Waals surface area contributed by atoms with E-state index in [0.717, 1.165) is 19.0 Å². The van der Waals surface area contributed by atoms with Gasteiger partial charge < -0.3 is 10.6 Å². The predicted octanol–water partition coefficient (Wildman–Crippen LogP) is 2.91. The summed E-state index contributed by atoms with van der Waals surface area (Å²) in [5.41, 5.74) is -0.434. The molecule has 0 fully saturated rings. The second-order valence-electron chi connectivity index (χ2n) is 4.16. The van der Waals surface area contributed by atoms with E-state index in [9.17, 15) is 13.2 Å². The highest BCUT2D eigenvalue weighted by Crippen LogP contribution is 2.33. The molecule has 0 radical (unpaired) electrons. The average molecular weight is 336 g/mol. The molecule has 0 aromatic heterocycles. The van der Waals surface area contributed by atoms with Gasteiger partial charge in [0.15, 0.2) is 5.96 Å². The van der Waals surface area contributed by atoms with Gasteiger partial charge in [-0.05, 0) is 24.1 Å². The first-order chi connectivity index (χ1) is 8.97. The minimum atomic E-state index is -4.36. The van der Waals surface area contributed by atoms with E-state index in [1.54, 1.807) is 6.07 Å². The van der Waals surface area contributed by atoms with E-state index in [2.05, 4.69) is 31.6 Å². The number of nitrogens with one attached hydrogen (secondary N) is 2. The largest absolute Gasteiger partial charge is 0.416 e. The van der Waals surface area contributed by atoms with Gasteiger partial charge in [0.05, 0.1) is 5.56 Å². The van der Waals surface area contributed by atoms with Gasteiger partial charge in [-0.15, -0.1) is 0 Å². The Balaban J connectivity index is 2.13. The molecule has 0 bridgehead atoms. The van der Waals surface area contributed by atoms with Crippen molar-refractivity contribution in [3.05, 3.63) is 33.8 Å². The number of guanidine groups is 1. The van der Waals surface area contributed by atoms with Crippen molar-refractivity contribution in [2.75, 3.05) is 13.1 Å². The Morgan fingerprint density at radius 2 is 2.16 bits per heavy atom. The third kappa shape index (κ3) is 3.86. The first-order valence-corrected chi connectivity index (χ1v) is 6.64. The molecule has 1 heterocycles. The molecule has 0 spiro atoms. The van der Waals surface area contributed by atoms with Gasteiger partial charge in [-0.25, -0.2) is 0 Å². The Hall–Kier alpha value is -1.24. The molecule has 7 heteroatoms. The maximum Gasteiger partial charge on any atom is 0.416 e. The van der Waals surface area contributed by atoms with Crippen molar-refractivity contribution in [1.29, 1.82) is 0 Å². The van der Waals surface area contributed by atoms with Crippen molar-refractivity contribution in [2.24, 2.45) is 4.99 Å². The SMILES string of the molecule is FC(F)(F)c1cc(Br)ccc1CNC1=NCCCN1. The second kappa shape index (κ2) is 5.81. The number of nitrogens with zero attached hydrogens (tertiary/aromatic N) is 1. The fourth-order valence-electron chi connectivity index (χ4n) is 1.80. The molecule has 1 aliphatic heterocycles. The molecule has 2 rings (SSSR count). The van der Waals surface area contributed by atoms with E-state index in [4.69, 9.17) is 0 Å². The van der Waals surface area contributed by atoms with Crippen LogP contribution in [0.5, 0.6) is 0 Å². The summed E-state index contributed by atoms with van der Waals surface area (Å²) < 4.78 is 39.1. The van der Waals surface area contributed by atoms with E-state index in [1.165, 1.54) is 6.07 Å². The Labute approximate surface area is 117 Å². The molecule has 0 saturated carbocycles. The van der Waals surface area contributed by atoms with Gasteiger partial charge in [0.1, 0.15) is 0 Å². The molecule has 19 heavy (non-hydrogen) atoms. The Kier molecular flexibility index (Phi) is 4.34. The normalized spacial score (nSPS) is 15.7. The zero-order valence-corrected chi connectivity index (χ0v) is 11.6. The van der Waals surface area contributed by atoms with Crippen LogP contribution >= 0.6 is 15.9 Å². The predicted molar refractivity (Wildman–Crippen MR) is 70.9 cm³/mol. The van der Waals surface area contributed by atoms with E-state index >= 15 is 0 Å². The van der Waals surface area contributed by atoms with Crippen molar-refractivity contribution in [3.63, 3.8) is 0 Å². The molecule has 1 aromatic carbocycles. The lowest BCUT2D eigenvalue weighted by Gasteiger charge is -2.18. The fraction of sp³-hybridized carbons (Fsp3) is 0.417. The standard InChI is InChI=1S/C12H13BrF3N3/c13-9-3-2-8(10(6-9)12(14,15)16)7-19-11-17-4-1-5-18-11/h2-3,6H,1,4-5,7H2,(H2,17,18,19). The molecule has 3 nitrogen and oxygen atoms in total. The van der Waals surface area contributed by atoms with Crippen LogP contribution in [0.3, 0.4) is 0 Å². The summed E-state index contributed by atoms with van der Waals surface area (Å²) in [6.45, 7) is 1.58. The molecule has 104 valence electrons. The minimum Gasteiger partial charge on any atom is -0.356 e. The van der Waals surface area contributed by atoms with Gasteiger partial charge in [0.2, 0.25) is 0 Å². The third-order valence-electron chi connectivity index (χ3n) is 2.72. The summed E-state index contributed by atoms with van der Waals surface area (Å²) in [6, 6.07) is 4.15. The summed E-state index contributed by atoms with van der Waals surface area (Å²) in [7, 11) is 0. The van der Waals surface area contributed by atoms with E-state index in [0.29, 0.717) is 17.0 Å². The van der Waals surface area contributed by atoms with Crippen LogP contribution in [0.2, 0.25) is 0 Å². The first kappa shape index (κ1) is 14.2. The van der Waals surface area contributed by atoms with Crippen LogP contribution in [0.15, 0.2) is 27.7 Å². The molecular weight excluding hydrogens is 323 g/mol. The van der Waals surface area contributed by atoms with Crippen LogP contribution in [0.1, 0.15) is 17.5 Å². The number of hydrogen-bond donors (Lipinski definition) is 2. The summed E-state index contributed by atoms with van der Waals surface area (Å²) in [5, 5.41) is 5.90.